The number of rotatable bonds is 4. The number of nitrogens with one attached hydrogen (secondary N) is 1. The molecule has 1 N–H and O–H groups in total. The molecule has 0 radical (unpaired) electrons. The molecule has 0 aliphatic carbocycles. The lowest BCUT2D eigenvalue weighted by molar-refractivity contribution is -0.141. The first-order chi connectivity index (χ1) is 12.5. The molecule has 0 saturated carbocycles. The summed E-state index contributed by atoms with van der Waals surface area (Å²) in [5.74, 6) is -1.36. The highest BCUT2D eigenvalue weighted by molar-refractivity contribution is 7.80. The number of fused-ring (bicyclic) bond motifs is 1. The van der Waals surface area contributed by atoms with Crippen LogP contribution in [0, 0.1) is 0 Å². The number of para-hydroxylation sites is 1. The van der Waals surface area contributed by atoms with Gasteiger partial charge in [-0.05, 0) is 31.3 Å². The molecule has 0 spiro atoms. The minimum Gasteiger partial charge on any atom is -0.468 e. The van der Waals surface area contributed by atoms with Crippen molar-refractivity contribution in [2.45, 2.75) is 13.5 Å². The van der Waals surface area contributed by atoms with Gasteiger partial charge in [0.25, 0.3) is 11.8 Å². The number of thiocarbonyl (C=S) groups is 1. The number of benzene rings is 1. The van der Waals surface area contributed by atoms with E-state index in [-0.39, 0.29) is 23.2 Å². The summed E-state index contributed by atoms with van der Waals surface area (Å²) in [7, 11) is 1.32. The molecule has 134 valence electrons. The average molecular weight is 371 g/mol. The van der Waals surface area contributed by atoms with Gasteiger partial charge in [-0.15, -0.1) is 0 Å². The Morgan fingerprint density at radius 3 is 2.73 bits per heavy atom. The van der Waals surface area contributed by atoms with Crippen LogP contribution in [0.15, 0.2) is 36.0 Å². The first-order valence-electron chi connectivity index (χ1n) is 7.99. The molecule has 0 unspecified atom stereocenters. The van der Waals surface area contributed by atoms with Gasteiger partial charge in [-0.1, -0.05) is 18.2 Å². The van der Waals surface area contributed by atoms with Gasteiger partial charge in [-0.3, -0.25) is 24.6 Å². The predicted molar refractivity (Wildman–Crippen MR) is 100 cm³/mol. The second kappa shape index (κ2) is 7.09. The van der Waals surface area contributed by atoms with Crippen LogP contribution >= 0.6 is 12.2 Å². The third-order valence-corrected chi connectivity index (χ3v) is 4.47. The molecular formula is C18H17N3O4S. The highest BCUT2D eigenvalue weighted by Crippen LogP contribution is 2.25. The number of aromatic nitrogens is 1. The van der Waals surface area contributed by atoms with Crippen LogP contribution in [0.5, 0.6) is 0 Å². The van der Waals surface area contributed by atoms with Crippen molar-refractivity contribution in [1.82, 2.24) is 14.8 Å². The lowest BCUT2D eigenvalue weighted by Crippen LogP contribution is -2.53. The summed E-state index contributed by atoms with van der Waals surface area (Å²) < 4.78 is 6.45. The molecular weight excluding hydrogens is 354 g/mol. The van der Waals surface area contributed by atoms with E-state index in [1.54, 1.807) is 17.7 Å². The summed E-state index contributed by atoms with van der Waals surface area (Å²) in [5.41, 5.74) is 1.46. The standard InChI is InChI=1S/C18H17N3O4S/c1-3-21-17(24)13(16(23)19-18(21)26)8-11-9-20(10-15(22)25-2)14-7-5-4-6-12(11)14/h4-9H,3,10H2,1-2H3,(H,19,23,26). The van der Waals surface area contributed by atoms with E-state index in [0.717, 1.165) is 10.9 Å². The van der Waals surface area contributed by atoms with E-state index in [0.29, 0.717) is 12.1 Å². The molecule has 26 heavy (non-hydrogen) atoms. The Labute approximate surface area is 155 Å². The molecule has 7 nitrogen and oxygen atoms in total. The summed E-state index contributed by atoms with van der Waals surface area (Å²) in [6.07, 6.45) is 3.25. The summed E-state index contributed by atoms with van der Waals surface area (Å²) in [5, 5.41) is 3.45. The lowest BCUT2D eigenvalue weighted by Gasteiger charge is -2.27. The zero-order valence-electron chi connectivity index (χ0n) is 14.3. The van der Waals surface area contributed by atoms with E-state index < -0.39 is 11.8 Å². The Balaban J connectivity index is 2.09. The third-order valence-electron chi connectivity index (χ3n) is 4.15. The van der Waals surface area contributed by atoms with Gasteiger partial charge in [-0.2, -0.15) is 0 Å². The molecule has 1 fully saturated rings. The molecule has 2 amide bonds. The normalized spacial score (nSPS) is 16.3. The van der Waals surface area contributed by atoms with Crippen LogP contribution in [0.1, 0.15) is 12.5 Å². The largest absolute Gasteiger partial charge is 0.468 e. The molecule has 1 aliphatic rings. The minimum absolute atomic E-state index is 0.00132. The molecule has 1 aliphatic heterocycles. The Kier molecular flexibility index (Phi) is 4.85. The van der Waals surface area contributed by atoms with E-state index in [9.17, 15) is 14.4 Å². The fourth-order valence-corrected chi connectivity index (χ4v) is 3.17. The van der Waals surface area contributed by atoms with Gasteiger partial charge in [0.2, 0.25) is 0 Å². The van der Waals surface area contributed by atoms with Gasteiger partial charge in [0.1, 0.15) is 12.1 Å². The van der Waals surface area contributed by atoms with Crippen molar-refractivity contribution in [3.05, 3.63) is 41.6 Å². The highest BCUT2D eigenvalue weighted by Gasteiger charge is 2.32. The van der Waals surface area contributed by atoms with Crippen LogP contribution in [-0.4, -0.2) is 46.0 Å². The smallest absolute Gasteiger partial charge is 0.325 e. The summed E-state index contributed by atoms with van der Waals surface area (Å²) in [4.78, 5) is 37.8. The Hall–Kier alpha value is -3.00. The summed E-state index contributed by atoms with van der Waals surface area (Å²) >= 11 is 5.03. The minimum atomic E-state index is -0.533. The maximum absolute atomic E-state index is 12.6. The summed E-state index contributed by atoms with van der Waals surface area (Å²) in [6, 6.07) is 7.42. The first kappa shape index (κ1) is 17.8. The van der Waals surface area contributed by atoms with Crippen molar-refractivity contribution in [2.75, 3.05) is 13.7 Å². The number of esters is 1. The lowest BCUT2D eigenvalue weighted by atomic mass is 10.1. The zero-order chi connectivity index (χ0) is 18.8. The Morgan fingerprint density at radius 1 is 1.31 bits per heavy atom. The van der Waals surface area contributed by atoms with Crippen molar-refractivity contribution >= 4 is 52.1 Å². The maximum atomic E-state index is 12.6. The number of nitrogens with zero attached hydrogens (tertiary/aromatic N) is 2. The second-order valence-corrected chi connectivity index (χ2v) is 6.06. The zero-order valence-corrected chi connectivity index (χ0v) is 15.1. The van der Waals surface area contributed by atoms with Crippen molar-refractivity contribution in [1.29, 1.82) is 0 Å². The van der Waals surface area contributed by atoms with E-state index in [1.165, 1.54) is 18.1 Å². The van der Waals surface area contributed by atoms with Crippen LogP contribution in [0.4, 0.5) is 0 Å². The van der Waals surface area contributed by atoms with E-state index in [2.05, 4.69) is 5.32 Å². The number of hydrogen-bond acceptors (Lipinski definition) is 5. The van der Waals surface area contributed by atoms with Crippen molar-refractivity contribution < 1.29 is 19.1 Å². The number of amides is 2. The van der Waals surface area contributed by atoms with Gasteiger partial charge in [0, 0.05) is 29.2 Å². The second-order valence-electron chi connectivity index (χ2n) is 5.67. The molecule has 0 bridgehead atoms. The van der Waals surface area contributed by atoms with Crippen molar-refractivity contribution in [2.24, 2.45) is 0 Å². The average Bonchev–Trinajstić information content (AvgIpc) is 2.96. The van der Waals surface area contributed by atoms with E-state index >= 15 is 0 Å². The van der Waals surface area contributed by atoms with Crippen molar-refractivity contribution in [3.63, 3.8) is 0 Å². The van der Waals surface area contributed by atoms with Crippen LogP contribution < -0.4 is 5.32 Å². The van der Waals surface area contributed by atoms with Crippen LogP contribution in [0.3, 0.4) is 0 Å². The first-order valence-corrected chi connectivity index (χ1v) is 8.40. The van der Waals surface area contributed by atoms with Gasteiger partial charge in [0.15, 0.2) is 5.11 Å². The molecule has 3 rings (SSSR count). The topological polar surface area (TPSA) is 80.6 Å². The predicted octanol–water partition coefficient (Wildman–Crippen LogP) is 1.46. The number of likely N-dealkylation sites (N-methyl/N-ethyl adjacent to an activating group) is 1. The Bertz CT molecular complexity index is 960. The quantitative estimate of drug-likeness (QED) is 0.381. The van der Waals surface area contributed by atoms with Gasteiger partial charge < -0.3 is 9.30 Å². The number of hydrogen-bond donors (Lipinski definition) is 1. The number of carbonyl (C=O) groups is 3. The van der Waals surface area contributed by atoms with E-state index in [4.69, 9.17) is 17.0 Å². The van der Waals surface area contributed by atoms with Crippen LogP contribution in [-0.2, 0) is 25.7 Å². The molecule has 1 aromatic heterocycles. The van der Waals surface area contributed by atoms with Gasteiger partial charge >= 0.3 is 5.97 Å². The highest BCUT2D eigenvalue weighted by atomic mass is 32.1. The van der Waals surface area contributed by atoms with Gasteiger partial charge in [-0.25, -0.2) is 0 Å². The Morgan fingerprint density at radius 2 is 2.04 bits per heavy atom. The van der Waals surface area contributed by atoms with Crippen LogP contribution in [0.2, 0.25) is 0 Å². The molecule has 2 aromatic rings. The SMILES string of the molecule is CCN1C(=O)C(=Cc2cn(CC(=O)OC)c3ccccc23)C(=O)NC1=S. The number of carbonyl (C=O) groups excluding carboxylic acids is 3. The molecule has 0 atom stereocenters. The number of methoxy groups -OCH3 is 1. The third kappa shape index (κ3) is 3.11. The number of ether oxygens (including phenoxy) is 1. The fourth-order valence-electron chi connectivity index (χ4n) is 2.86. The van der Waals surface area contributed by atoms with Gasteiger partial charge in [0.05, 0.1) is 7.11 Å². The summed E-state index contributed by atoms with van der Waals surface area (Å²) in [6.45, 7) is 2.17. The molecule has 1 aromatic carbocycles. The van der Waals surface area contributed by atoms with Crippen LogP contribution in [0.25, 0.3) is 17.0 Å². The molecule has 1 saturated heterocycles. The molecule has 8 heteroatoms. The maximum Gasteiger partial charge on any atom is 0.325 e. The monoisotopic (exact) mass is 371 g/mol. The fraction of sp³-hybridized carbons (Fsp3) is 0.222. The van der Waals surface area contributed by atoms with E-state index in [1.807, 2.05) is 24.3 Å². The molecule has 2 heterocycles. The van der Waals surface area contributed by atoms with Crippen molar-refractivity contribution in [3.8, 4) is 0 Å².